The molecule has 1 fully saturated rings. The Labute approximate surface area is 180 Å². The summed E-state index contributed by atoms with van der Waals surface area (Å²) in [6.07, 6.45) is 0. The Kier molecular flexibility index (Phi) is 5.48. The molecule has 8 heteroatoms. The molecule has 0 amide bonds. The third-order valence-electron chi connectivity index (χ3n) is 5.49. The molecule has 2 heterocycles. The lowest BCUT2D eigenvalue weighted by Gasteiger charge is -2.35. The minimum atomic E-state index is -0.675. The molecule has 0 unspecified atom stereocenters. The number of fused-ring (bicyclic) bond motifs is 1. The molecule has 0 spiro atoms. The van der Waals surface area contributed by atoms with E-state index >= 15 is 0 Å². The number of methoxy groups -OCH3 is 2. The summed E-state index contributed by atoms with van der Waals surface area (Å²) in [4.78, 5) is 13.5. The van der Waals surface area contributed by atoms with Gasteiger partial charge in [0, 0.05) is 0 Å². The highest BCUT2D eigenvalue weighted by Gasteiger charge is 2.31. The number of hydrogen-bond donors (Lipinski definition) is 0. The van der Waals surface area contributed by atoms with Crippen molar-refractivity contribution in [3.8, 4) is 17.6 Å². The van der Waals surface area contributed by atoms with Crippen LogP contribution in [0.4, 0.5) is 0 Å². The molecule has 0 atom stereocenters. The fourth-order valence-electron chi connectivity index (χ4n) is 3.85. The molecule has 0 N–H and O–H groups in total. The maximum absolute atomic E-state index is 13.5. The molecule has 0 saturated carbocycles. The second-order valence-corrected chi connectivity index (χ2v) is 7.92. The van der Waals surface area contributed by atoms with Gasteiger partial charge in [-0.1, -0.05) is 6.07 Å². The Morgan fingerprint density at radius 1 is 1.06 bits per heavy atom. The van der Waals surface area contributed by atoms with Crippen LogP contribution in [0.2, 0.25) is 0 Å². The number of rotatable bonds is 5. The van der Waals surface area contributed by atoms with Gasteiger partial charge in [0.25, 0.3) is 0 Å². The van der Waals surface area contributed by atoms with Gasteiger partial charge in [0.1, 0.15) is 0 Å². The summed E-state index contributed by atoms with van der Waals surface area (Å²) in [5.74, 6) is 0.532. The Morgan fingerprint density at radius 3 is 2.42 bits per heavy atom. The molecule has 162 valence electrons. The number of aromatic nitrogens is 2. The molecule has 1 aliphatic rings. The van der Waals surface area contributed by atoms with Gasteiger partial charge in [-0.25, -0.2) is 4.79 Å². The topological polar surface area (TPSA) is 87.6 Å². The van der Waals surface area contributed by atoms with Gasteiger partial charge in [-0.05, 0) is 49.7 Å². The molecule has 0 radical (unpaired) electrons. The zero-order valence-corrected chi connectivity index (χ0v) is 18.0. The van der Waals surface area contributed by atoms with Gasteiger partial charge in [-0.3, -0.25) is 9.13 Å². The van der Waals surface area contributed by atoms with Crippen molar-refractivity contribution in [1.29, 1.82) is 5.26 Å². The number of benzene rings is 2. The van der Waals surface area contributed by atoms with Crippen molar-refractivity contribution >= 4 is 11.0 Å². The quantitative estimate of drug-likeness (QED) is 0.627. The van der Waals surface area contributed by atoms with Gasteiger partial charge >= 0.3 is 5.69 Å². The van der Waals surface area contributed by atoms with E-state index in [1.54, 1.807) is 41.6 Å². The van der Waals surface area contributed by atoms with Gasteiger partial charge in [0.05, 0.1) is 62.7 Å². The van der Waals surface area contributed by atoms with E-state index in [0.717, 1.165) is 11.1 Å². The minimum absolute atomic E-state index is 0.184. The number of nitriles is 1. The molecular formula is C23H25N3O5. The lowest BCUT2D eigenvalue weighted by molar-refractivity contribution is -0.258. The summed E-state index contributed by atoms with van der Waals surface area (Å²) in [6.45, 7) is 4.75. The van der Waals surface area contributed by atoms with Crippen LogP contribution in [0.5, 0.6) is 11.5 Å². The average Bonchev–Trinajstić information content (AvgIpc) is 3.04. The first-order chi connectivity index (χ1) is 14.9. The first kappa shape index (κ1) is 21.0. The Balaban J connectivity index is 1.81. The van der Waals surface area contributed by atoms with Crippen LogP contribution >= 0.6 is 0 Å². The molecule has 8 nitrogen and oxygen atoms in total. The zero-order valence-electron chi connectivity index (χ0n) is 18.0. The third-order valence-corrected chi connectivity index (χ3v) is 5.49. The molecule has 1 aliphatic heterocycles. The molecule has 0 bridgehead atoms. The van der Waals surface area contributed by atoms with Gasteiger partial charge in [-0.15, -0.1) is 0 Å². The Hall–Kier alpha value is -3.28. The lowest BCUT2D eigenvalue weighted by Crippen LogP contribution is -2.42. The van der Waals surface area contributed by atoms with Crippen molar-refractivity contribution in [2.75, 3.05) is 27.4 Å². The van der Waals surface area contributed by atoms with Crippen LogP contribution in [0, 0.1) is 11.3 Å². The van der Waals surface area contributed by atoms with Crippen LogP contribution in [0.25, 0.3) is 11.0 Å². The highest BCUT2D eigenvalue weighted by atomic mass is 16.7. The van der Waals surface area contributed by atoms with Crippen LogP contribution in [-0.2, 0) is 16.0 Å². The molecule has 1 saturated heterocycles. The van der Waals surface area contributed by atoms with E-state index in [1.165, 1.54) is 0 Å². The summed E-state index contributed by atoms with van der Waals surface area (Å²) in [7, 11) is 3.15. The molecule has 0 aliphatic carbocycles. The van der Waals surface area contributed by atoms with E-state index in [2.05, 4.69) is 6.07 Å². The van der Waals surface area contributed by atoms with Gasteiger partial charge in [-0.2, -0.15) is 5.26 Å². The van der Waals surface area contributed by atoms with Crippen LogP contribution < -0.4 is 15.2 Å². The summed E-state index contributed by atoms with van der Waals surface area (Å²) in [5, 5.41) is 9.37. The van der Waals surface area contributed by atoms with Crippen molar-refractivity contribution in [1.82, 2.24) is 9.13 Å². The lowest BCUT2D eigenvalue weighted by atomic mass is 10.1. The first-order valence-corrected chi connectivity index (χ1v) is 10.0. The number of ether oxygens (including phenoxy) is 4. The van der Waals surface area contributed by atoms with E-state index in [1.807, 2.05) is 32.0 Å². The highest BCUT2D eigenvalue weighted by Crippen LogP contribution is 2.29. The summed E-state index contributed by atoms with van der Waals surface area (Å²) < 4.78 is 25.6. The normalized spacial score (nSPS) is 16.2. The SMILES string of the molecule is COc1ccc(Cn2c(=O)n(C3COC(C)(C)OC3)c3ccc(C#N)cc32)cc1OC. The fourth-order valence-corrected chi connectivity index (χ4v) is 3.85. The van der Waals surface area contributed by atoms with E-state index < -0.39 is 5.79 Å². The van der Waals surface area contributed by atoms with Crippen molar-refractivity contribution in [3.05, 3.63) is 58.0 Å². The number of imidazole rings is 1. The van der Waals surface area contributed by atoms with Crippen molar-refractivity contribution in [2.45, 2.75) is 32.2 Å². The Morgan fingerprint density at radius 2 is 1.77 bits per heavy atom. The smallest absolute Gasteiger partial charge is 0.329 e. The third kappa shape index (κ3) is 3.90. The van der Waals surface area contributed by atoms with E-state index in [-0.39, 0.29) is 11.7 Å². The predicted molar refractivity (Wildman–Crippen MR) is 115 cm³/mol. The average molecular weight is 423 g/mol. The van der Waals surface area contributed by atoms with Crippen LogP contribution in [0.1, 0.15) is 31.0 Å². The standard InChI is InChI=1S/C23H25N3O5/c1-23(2)30-13-17(14-31-23)26-18-7-5-15(11-24)9-19(18)25(22(26)27)12-16-6-8-20(28-3)21(10-16)29-4/h5-10,17H,12-14H2,1-4H3. The van der Waals surface area contributed by atoms with Gasteiger partial charge in [0.15, 0.2) is 17.3 Å². The maximum atomic E-state index is 13.5. The largest absolute Gasteiger partial charge is 0.493 e. The van der Waals surface area contributed by atoms with Crippen LogP contribution in [-0.4, -0.2) is 42.4 Å². The van der Waals surface area contributed by atoms with E-state index in [9.17, 15) is 10.1 Å². The fraction of sp³-hybridized carbons (Fsp3) is 0.391. The van der Waals surface area contributed by atoms with E-state index in [0.29, 0.717) is 42.3 Å². The number of hydrogen-bond acceptors (Lipinski definition) is 6. The van der Waals surface area contributed by atoms with Crippen LogP contribution in [0.15, 0.2) is 41.2 Å². The first-order valence-electron chi connectivity index (χ1n) is 10.0. The minimum Gasteiger partial charge on any atom is -0.493 e. The molecule has 4 rings (SSSR count). The van der Waals surface area contributed by atoms with Gasteiger partial charge in [0.2, 0.25) is 0 Å². The summed E-state index contributed by atoms with van der Waals surface area (Å²) in [6, 6.07) is 12.7. The predicted octanol–water partition coefficient (Wildman–Crippen LogP) is 3.06. The summed E-state index contributed by atoms with van der Waals surface area (Å²) in [5.41, 5.74) is 2.60. The summed E-state index contributed by atoms with van der Waals surface area (Å²) >= 11 is 0. The van der Waals surface area contributed by atoms with Crippen molar-refractivity contribution in [2.24, 2.45) is 0 Å². The Bertz CT molecular complexity index is 1210. The molecule has 3 aromatic rings. The van der Waals surface area contributed by atoms with Gasteiger partial charge < -0.3 is 18.9 Å². The molecule has 31 heavy (non-hydrogen) atoms. The highest BCUT2D eigenvalue weighted by molar-refractivity contribution is 5.78. The molecular weight excluding hydrogens is 398 g/mol. The zero-order chi connectivity index (χ0) is 22.2. The van der Waals surface area contributed by atoms with Crippen molar-refractivity contribution < 1.29 is 18.9 Å². The van der Waals surface area contributed by atoms with E-state index in [4.69, 9.17) is 18.9 Å². The second kappa shape index (κ2) is 8.10. The number of nitrogens with zero attached hydrogens (tertiary/aromatic N) is 3. The van der Waals surface area contributed by atoms with Crippen molar-refractivity contribution in [3.63, 3.8) is 0 Å². The molecule has 1 aromatic heterocycles. The molecule has 2 aromatic carbocycles. The maximum Gasteiger partial charge on any atom is 0.329 e. The monoisotopic (exact) mass is 423 g/mol. The van der Waals surface area contributed by atoms with Crippen LogP contribution in [0.3, 0.4) is 0 Å². The second-order valence-electron chi connectivity index (χ2n) is 7.92.